The summed E-state index contributed by atoms with van der Waals surface area (Å²) in [5.74, 6) is 0.806. The third-order valence-electron chi connectivity index (χ3n) is 4.49. The molecule has 0 aliphatic rings. The Hall–Kier alpha value is -2.33. The van der Waals surface area contributed by atoms with Gasteiger partial charge in [0.1, 0.15) is 5.75 Å². The lowest BCUT2D eigenvalue weighted by atomic mass is 10.0. The molecule has 0 aliphatic heterocycles. The molecule has 0 bridgehead atoms. The Bertz CT molecular complexity index is 679. The Morgan fingerprint density at radius 2 is 1.80 bits per heavy atom. The van der Waals surface area contributed by atoms with E-state index in [1.807, 2.05) is 43.3 Å². The lowest BCUT2D eigenvalue weighted by molar-refractivity contribution is 0.0935. The Labute approximate surface area is 150 Å². The molecule has 0 saturated heterocycles. The van der Waals surface area contributed by atoms with Crippen molar-refractivity contribution >= 4 is 5.91 Å². The molecule has 0 spiro atoms. The molecule has 4 heteroatoms. The van der Waals surface area contributed by atoms with Crippen LogP contribution in [0, 0.1) is 6.92 Å². The molecule has 25 heavy (non-hydrogen) atoms. The Kier molecular flexibility index (Phi) is 7.02. The van der Waals surface area contributed by atoms with E-state index in [-0.39, 0.29) is 11.9 Å². The van der Waals surface area contributed by atoms with Gasteiger partial charge in [0.2, 0.25) is 0 Å². The average molecular weight is 340 g/mol. The van der Waals surface area contributed by atoms with Gasteiger partial charge in [0.05, 0.1) is 13.2 Å². The average Bonchev–Trinajstić information content (AvgIpc) is 2.65. The van der Waals surface area contributed by atoms with Gasteiger partial charge in [-0.1, -0.05) is 43.7 Å². The zero-order valence-electron chi connectivity index (χ0n) is 15.6. The number of benzene rings is 2. The molecule has 0 aromatic heterocycles. The number of methoxy groups -OCH3 is 1. The predicted octanol–water partition coefficient (Wildman–Crippen LogP) is 3.82. The van der Waals surface area contributed by atoms with Crippen molar-refractivity contribution < 1.29 is 9.53 Å². The summed E-state index contributed by atoms with van der Waals surface area (Å²) < 4.78 is 5.25. The largest absolute Gasteiger partial charge is 0.497 e. The fourth-order valence-electron chi connectivity index (χ4n) is 3.03. The predicted molar refractivity (Wildman–Crippen MR) is 102 cm³/mol. The van der Waals surface area contributed by atoms with Crippen molar-refractivity contribution in [3.63, 3.8) is 0 Å². The summed E-state index contributed by atoms with van der Waals surface area (Å²) in [6, 6.07) is 15.9. The zero-order valence-corrected chi connectivity index (χ0v) is 15.6. The Morgan fingerprint density at radius 1 is 1.12 bits per heavy atom. The van der Waals surface area contributed by atoms with Crippen molar-refractivity contribution in [1.82, 2.24) is 10.2 Å². The van der Waals surface area contributed by atoms with Gasteiger partial charge in [-0.25, -0.2) is 0 Å². The first-order valence-corrected chi connectivity index (χ1v) is 8.81. The Balaban J connectivity index is 2.14. The summed E-state index contributed by atoms with van der Waals surface area (Å²) in [6.45, 7) is 8.69. The molecular weight excluding hydrogens is 312 g/mol. The monoisotopic (exact) mass is 340 g/mol. The SMILES string of the molecule is CCN(CC)C(CNC(=O)c1cccc(C)c1)c1ccc(OC)cc1. The number of carbonyl (C=O) groups excluding carboxylic acids is 1. The summed E-state index contributed by atoms with van der Waals surface area (Å²) in [4.78, 5) is 14.8. The lowest BCUT2D eigenvalue weighted by Crippen LogP contribution is -2.38. The summed E-state index contributed by atoms with van der Waals surface area (Å²) in [5.41, 5.74) is 2.96. The molecule has 2 aromatic rings. The number of hydrogen-bond donors (Lipinski definition) is 1. The van der Waals surface area contributed by atoms with Crippen LogP contribution in [0.1, 0.15) is 41.4 Å². The number of nitrogens with one attached hydrogen (secondary N) is 1. The minimum Gasteiger partial charge on any atom is -0.497 e. The number of ether oxygens (including phenoxy) is 1. The fourth-order valence-corrected chi connectivity index (χ4v) is 3.03. The maximum Gasteiger partial charge on any atom is 0.251 e. The molecule has 0 aliphatic carbocycles. The quantitative estimate of drug-likeness (QED) is 0.794. The highest BCUT2D eigenvalue weighted by Gasteiger charge is 2.19. The van der Waals surface area contributed by atoms with Crippen molar-refractivity contribution in [2.45, 2.75) is 26.8 Å². The van der Waals surface area contributed by atoms with E-state index in [1.54, 1.807) is 7.11 Å². The second-order valence-corrected chi connectivity index (χ2v) is 6.09. The molecule has 2 rings (SSSR count). The number of amides is 1. The van der Waals surface area contributed by atoms with Crippen molar-refractivity contribution in [3.8, 4) is 5.75 Å². The molecule has 1 N–H and O–H groups in total. The van der Waals surface area contributed by atoms with Gasteiger partial charge in [-0.3, -0.25) is 9.69 Å². The molecule has 0 fully saturated rings. The molecule has 134 valence electrons. The highest BCUT2D eigenvalue weighted by atomic mass is 16.5. The Morgan fingerprint density at radius 3 is 2.36 bits per heavy atom. The maximum absolute atomic E-state index is 12.5. The van der Waals surface area contributed by atoms with E-state index in [4.69, 9.17) is 4.74 Å². The van der Waals surface area contributed by atoms with Crippen molar-refractivity contribution in [3.05, 3.63) is 65.2 Å². The van der Waals surface area contributed by atoms with E-state index >= 15 is 0 Å². The van der Waals surface area contributed by atoms with Crippen LogP contribution in [-0.2, 0) is 0 Å². The van der Waals surface area contributed by atoms with Crippen LogP contribution in [0.2, 0.25) is 0 Å². The highest BCUT2D eigenvalue weighted by Crippen LogP contribution is 2.22. The summed E-state index contributed by atoms with van der Waals surface area (Å²) in [7, 11) is 1.67. The van der Waals surface area contributed by atoms with Crippen LogP contribution < -0.4 is 10.1 Å². The molecule has 0 radical (unpaired) electrons. The first-order valence-electron chi connectivity index (χ1n) is 8.81. The number of rotatable bonds is 8. The van der Waals surface area contributed by atoms with Crippen LogP contribution in [-0.4, -0.2) is 37.6 Å². The maximum atomic E-state index is 12.5. The van der Waals surface area contributed by atoms with Crippen LogP contribution in [0.3, 0.4) is 0 Å². The third kappa shape index (κ3) is 5.07. The molecule has 1 amide bonds. The van der Waals surface area contributed by atoms with E-state index in [9.17, 15) is 4.79 Å². The number of aryl methyl sites for hydroxylation is 1. The van der Waals surface area contributed by atoms with E-state index < -0.39 is 0 Å². The minimum absolute atomic E-state index is 0.0330. The number of nitrogens with zero attached hydrogens (tertiary/aromatic N) is 1. The van der Waals surface area contributed by atoms with Crippen LogP contribution in [0.5, 0.6) is 5.75 Å². The minimum atomic E-state index is -0.0330. The van der Waals surface area contributed by atoms with Crippen LogP contribution in [0.25, 0.3) is 0 Å². The van der Waals surface area contributed by atoms with Gasteiger partial charge in [0.15, 0.2) is 0 Å². The number of carbonyl (C=O) groups is 1. The summed E-state index contributed by atoms with van der Waals surface area (Å²) in [5, 5.41) is 3.09. The van der Waals surface area contributed by atoms with Gasteiger partial charge in [-0.05, 0) is 49.8 Å². The fraction of sp³-hybridized carbons (Fsp3) is 0.381. The van der Waals surface area contributed by atoms with E-state index in [0.717, 1.165) is 24.4 Å². The standard InChI is InChI=1S/C21H28N2O2/c1-5-23(6-2)20(17-10-12-19(25-4)13-11-17)15-22-21(24)18-9-7-8-16(3)14-18/h7-14,20H,5-6,15H2,1-4H3,(H,22,24). The molecule has 0 heterocycles. The van der Waals surface area contributed by atoms with Crippen LogP contribution >= 0.6 is 0 Å². The van der Waals surface area contributed by atoms with E-state index in [0.29, 0.717) is 12.1 Å². The number of likely N-dealkylation sites (N-methyl/N-ethyl adjacent to an activating group) is 1. The van der Waals surface area contributed by atoms with Crippen molar-refractivity contribution in [2.75, 3.05) is 26.7 Å². The summed E-state index contributed by atoms with van der Waals surface area (Å²) >= 11 is 0. The van der Waals surface area contributed by atoms with Gasteiger partial charge in [-0.2, -0.15) is 0 Å². The molecule has 1 atom stereocenters. The molecule has 1 unspecified atom stereocenters. The smallest absolute Gasteiger partial charge is 0.251 e. The van der Waals surface area contributed by atoms with Crippen LogP contribution in [0.15, 0.2) is 48.5 Å². The van der Waals surface area contributed by atoms with Crippen molar-refractivity contribution in [1.29, 1.82) is 0 Å². The molecule has 2 aromatic carbocycles. The van der Waals surface area contributed by atoms with Gasteiger partial charge < -0.3 is 10.1 Å². The first-order chi connectivity index (χ1) is 12.1. The number of hydrogen-bond acceptors (Lipinski definition) is 3. The first kappa shape index (κ1) is 19.0. The van der Waals surface area contributed by atoms with Gasteiger partial charge in [0, 0.05) is 12.1 Å². The second kappa shape index (κ2) is 9.23. The van der Waals surface area contributed by atoms with Gasteiger partial charge in [0.25, 0.3) is 5.91 Å². The normalized spacial score (nSPS) is 12.0. The van der Waals surface area contributed by atoms with Crippen molar-refractivity contribution in [2.24, 2.45) is 0 Å². The highest BCUT2D eigenvalue weighted by molar-refractivity contribution is 5.94. The van der Waals surface area contributed by atoms with Gasteiger partial charge >= 0.3 is 0 Å². The van der Waals surface area contributed by atoms with Gasteiger partial charge in [-0.15, -0.1) is 0 Å². The third-order valence-corrected chi connectivity index (χ3v) is 4.49. The zero-order chi connectivity index (χ0) is 18.2. The topological polar surface area (TPSA) is 41.6 Å². The molecule has 0 saturated carbocycles. The summed E-state index contributed by atoms with van der Waals surface area (Å²) in [6.07, 6.45) is 0. The second-order valence-electron chi connectivity index (χ2n) is 6.09. The van der Waals surface area contributed by atoms with E-state index in [2.05, 4.69) is 36.2 Å². The molecular formula is C21H28N2O2. The van der Waals surface area contributed by atoms with Crippen LogP contribution in [0.4, 0.5) is 0 Å². The van der Waals surface area contributed by atoms with E-state index in [1.165, 1.54) is 5.56 Å². The molecule has 4 nitrogen and oxygen atoms in total. The lowest BCUT2D eigenvalue weighted by Gasteiger charge is -2.30.